The molecule has 0 radical (unpaired) electrons. The molecule has 0 aromatic heterocycles. The molecule has 4 heteroatoms. The van der Waals surface area contributed by atoms with Crippen molar-refractivity contribution in [2.75, 3.05) is 7.11 Å². The van der Waals surface area contributed by atoms with E-state index in [1.54, 1.807) is 7.11 Å². The summed E-state index contributed by atoms with van der Waals surface area (Å²) < 4.78 is 5.13. The zero-order chi connectivity index (χ0) is 14.2. The van der Waals surface area contributed by atoms with Gasteiger partial charge >= 0.3 is 0 Å². The Balaban J connectivity index is 1.95. The Kier molecular flexibility index (Phi) is 2.95. The van der Waals surface area contributed by atoms with Crippen LogP contribution in [0.3, 0.4) is 0 Å². The van der Waals surface area contributed by atoms with E-state index in [0.29, 0.717) is 6.42 Å². The van der Waals surface area contributed by atoms with E-state index >= 15 is 0 Å². The standard InChI is InChI=1S/C16H16N2O2/c1-20-12-8-6-11(7-9-12)10-16(19)13-4-2-3-5-14(13)18-15(16)17/h2-9,19H,10H2,1H3,(H2,17,18). The molecule has 0 amide bonds. The molecule has 0 saturated heterocycles. The first-order valence-electron chi connectivity index (χ1n) is 6.43. The number of hydrogen-bond acceptors (Lipinski definition) is 4. The zero-order valence-corrected chi connectivity index (χ0v) is 11.2. The summed E-state index contributed by atoms with van der Waals surface area (Å²) >= 11 is 0. The summed E-state index contributed by atoms with van der Waals surface area (Å²) in [7, 11) is 1.63. The van der Waals surface area contributed by atoms with Crippen molar-refractivity contribution in [2.45, 2.75) is 12.0 Å². The van der Waals surface area contributed by atoms with Gasteiger partial charge in [0.25, 0.3) is 0 Å². The minimum Gasteiger partial charge on any atom is -0.497 e. The van der Waals surface area contributed by atoms with Gasteiger partial charge in [0.15, 0.2) is 5.60 Å². The fourth-order valence-electron chi connectivity index (χ4n) is 2.51. The third kappa shape index (κ3) is 1.94. The van der Waals surface area contributed by atoms with E-state index in [1.165, 1.54) is 0 Å². The fraction of sp³-hybridized carbons (Fsp3) is 0.188. The maximum atomic E-state index is 10.9. The van der Waals surface area contributed by atoms with Gasteiger partial charge in [-0.2, -0.15) is 0 Å². The lowest BCUT2D eigenvalue weighted by Gasteiger charge is -2.24. The average molecular weight is 268 g/mol. The van der Waals surface area contributed by atoms with Crippen LogP contribution in [-0.4, -0.2) is 18.1 Å². The van der Waals surface area contributed by atoms with Crippen molar-refractivity contribution in [3.05, 3.63) is 59.7 Å². The monoisotopic (exact) mass is 268 g/mol. The quantitative estimate of drug-likeness (QED) is 0.896. The molecule has 102 valence electrons. The minimum atomic E-state index is -1.23. The zero-order valence-electron chi connectivity index (χ0n) is 11.2. The van der Waals surface area contributed by atoms with E-state index in [0.717, 1.165) is 22.6 Å². The van der Waals surface area contributed by atoms with Crippen LogP contribution >= 0.6 is 0 Å². The highest BCUT2D eigenvalue weighted by molar-refractivity contribution is 5.97. The summed E-state index contributed by atoms with van der Waals surface area (Å²) in [5, 5.41) is 10.9. The van der Waals surface area contributed by atoms with Gasteiger partial charge in [-0.15, -0.1) is 0 Å². The van der Waals surface area contributed by atoms with Crippen molar-refractivity contribution >= 4 is 11.5 Å². The molecule has 20 heavy (non-hydrogen) atoms. The van der Waals surface area contributed by atoms with Gasteiger partial charge < -0.3 is 15.6 Å². The van der Waals surface area contributed by atoms with Crippen molar-refractivity contribution in [3.8, 4) is 5.75 Å². The molecule has 4 nitrogen and oxygen atoms in total. The molecule has 0 fully saturated rings. The predicted molar refractivity (Wildman–Crippen MR) is 78.3 cm³/mol. The van der Waals surface area contributed by atoms with Gasteiger partial charge in [0, 0.05) is 12.0 Å². The molecule has 2 aromatic rings. The molecular weight excluding hydrogens is 252 g/mol. The van der Waals surface area contributed by atoms with Gasteiger partial charge in [-0.25, -0.2) is 4.99 Å². The van der Waals surface area contributed by atoms with E-state index < -0.39 is 5.60 Å². The SMILES string of the molecule is COc1ccc(CC2(O)C(N)=Nc3ccccc32)cc1. The van der Waals surface area contributed by atoms with Gasteiger partial charge in [-0.1, -0.05) is 30.3 Å². The third-order valence-corrected chi connectivity index (χ3v) is 3.63. The summed E-state index contributed by atoms with van der Waals surface area (Å²) in [6, 6.07) is 15.1. The van der Waals surface area contributed by atoms with Crippen molar-refractivity contribution < 1.29 is 9.84 Å². The first-order valence-corrected chi connectivity index (χ1v) is 6.43. The lowest BCUT2D eigenvalue weighted by atomic mass is 9.87. The summed E-state index contributed by atoms with van der Waals surface area (Å²) in [6.45, 7) is 0. The van der Waals surface area contributed by atoms with Crippen LogP contribution in [0.15, 0.2) is 53.5 Å². The fourth-order valence-corrected chi connectivity index (χ4v) is 2.51. The Morgan fingerprint density at radius 2 is 1.85 bits per heavy atom. The van der Waals surface area contributed by atoms with Crippen LogP contribution in [0, 0.1) is 0 Å². The highest BCUT2D eigenvalue weighted by Crippen LogP contribution is 2.39. The van der Waals surface area contributed by atoms with Crippen LogP contribution in [0.5, 0.6) is 5.75 Å². The molecule has 1 unspecified atom stereocenters. The summed E-state index contributed by atoms with van der Waals surface area (Å²) in [6.07, 6.45) is 0.392. The van der Waals surface area contributed by atoms with Crippen molar-refractivity contribution in [1.29, 1.82) is 0 Å². The number of nitrogens with zero attached hydrogens (tertiary/aromatic N) is 1. The van der Waals surface area contributed by atoms with Crippen LogP contribution in [0.1, 0.15) is 11.1 Å². The van der Waals surface area contributed by atoms with Crippen LogP contribution in [-0.2, 0) is 12.0 Å². The van der Waals surface area contributed by atoms with Gasteiger partial charge in [-0.05, 0) is 23.8 Å². The molecule has 3 rings (SSSR count). The van der Waals surface area contributed by atoms with Gasteiger partial charge in [0.1, 0.15) is 11.6 Å². The van der Waals surface area contributed by atoms with E-state index in [9.17, 15) is 5.11 Å². The maximum Gasteiger partial charge on any atom is 0.152 e. The molecule has 0 spiro atoms. The second-order valence-electron chi connectivity index (χ2n) is 4.90. The van der Waals surface area contributed by atoms with E-state index in [1.807, 2.05) is 48.5 Å². The van der Waals surface area contributed by atoms with Crippen molar-refractivity contribution in [3.63, 3.8) is 0 Å². The predicted octanol–water partition coefficient (Wildman–Crippen LogP) is 2.13. The number of benzene rings is 2. The highest BCUT2D eigenvalue weighted by atomic mass is 16.5. The van der Waals surface area contributed by atoms with Crippen LogP contribution in [0.25, 0.3) is 0 Å². The molecule has 0 aliphatic carbocycles. The number of nitrogens with two attached hydrogens (primary N) is 1. The first-order chi connectivity index (χ1) is 9.63. The summed E-state index contributed by atoms with van der Waals surface area (Å²) in [5.74, 6) is 1.03. The molecule has 0 saturated carbocycles. The van der Waals surface area contributed by atoms with E-state index in [2.05, 4.69) is 4.99 Å². The van der Waals surface area contributed by atoms with Crippen molar-refractivity contribution in [2.24, 2.45) is 10.7 Å². The summed E-state index contributed by atoms with van der Waals surface area (Å²) in [5.41, 5.74) is 7.18. The number of ether oxygens (including phenoxy) is 1. The Morgan fingerprint density at radius 1 is 1.15 bits per heavy atom. The highest BCUT2D eigenvalue weighted by Gasteiger charge is 2.40. The largest absolute Gasteiger partial charge is 0.497 e. The molecule has 1 aliphatic heterocycles. The summed E-state index contributed by atoms with van der Waals surface area (Å²) in [4.78, 5) is 4.25. The number of fused-ring (bicyclic) bond motifs is 1. The third-order valence-electron chi connectivity index (χ3n) is 3.63. The Morgan fingerprint density at radius 3 is 2.55 bits per heavy atom. The number of aliphatic imine (C=N–C) groups is 1. The Hall–Kier alpha value is -2.33. The topological polar surface area (TPSA) is 67.8 Å². The molecule has 1 heterocycles. The second kappa shape index (κ2) is 4.65. The molecular formula is C16H16N2O2. The van der Waals surface area contributed by atoms with E-state index in [-0.39, 0.29) is 5.84 Å². The molecule has 2 aromatic carbocycles. The minimum absolute atomic E-state index is 0.245. The van der Waals surface area contributed by atoms with Crippen LogP contribution in [0.2, 0.25) is 0 Å². The van der Waals surface area contributed by atoms with Gasteiger partial charge in [0.05, 0.1) is 12.8 Å². The van der Waals surface area contributed by atoms with E-state index in [4.69, 9.17) is 10.5 Å². The lowest BCUT2D eigenvalue weighted by Crippen LogP contribution is -2.40. The smallest absolute Gasteiger partial charge is 0.152 e. The first kappa shape index (κ1) is 12.7. The molecule has 1 aliphatic rings. The number of rotatable bonds is 3. The number of amidine groups is 1. The lowest BCUT2D eigenvalue weighted by molar-refractivity contribution is 0.114. The number of hydrogen-bond donors (Lipinski definition) is 2. The van der Waals surface area contributed by atoms with Gasteiger partial charge in [0.2, 0.25) is 0 Å². The maximum absolute atomic E-state index is 10.9. The number of methoxy groups -OCH3 is 1. The van der Waals surface area contributed by atoms with Crippen LogP contribution in [0.4, 0.5) is 5.69 Å². The molecule has 3 N–H and O–H groups in total. The van der Waals surface area contributed by atoms with Crippen molar-refractivity contribution in [1.82, 2.24) is 0 Å². The van der Waals surface area contributed by atoms with Gasteiger partial charge in [-0.3, -0.25) is 0 Å². The number of aliphatic hydroxyl groups is 1. The second-order valence-corrected chi connectivity index (χ2v) is 4.90. The average Bonchev–Trinajstić information content (AvgIpc) is 2.72. The van der Waals surface area contributed by atoms with Crippen LogP contribution < -0.4 is 10.5 Å². The number of para-hydroxylation sites is 1. The normalized spacial score (nSPS) is 20.4. The molecule has 0 bridgehead atoms. The molecule has 1 atom stereocenters. The Labute approximate surface area is 117 Å². The Bertz CT molecular complexity index is 664.